The third-order valence-corrected chi connectivity index (χ3v) is 2.69. The molecule has 0 radical (unpaired) electrons. The van der Waals surface area contributed by atoms with Gasteiger partial charge in [0.15, 0.2) is 10.6 Å². The van der Waals surface area contributed by atoms with Gasteiger partial charge in [-0.05, 0) is 20.8 Å². The summed E-state index contributed by atoms with van der Waals surface area (Å²) >= 11 is 3.07. The molecule has 0 saturated heterocycles. The molecule has 1 aromatic rings. The normalized spacial score (nSPS) is 12.9. The number of benzene rings is 1. The van der Waals surface area contributed by atoms with Crippen molar-refractivity contribution in [2.45, 2.75) is 31.2 Å². The number of carbonyl (C=O) groups is 2. The first-order valence-electron chi connectivity index (χ1n) is 5.27. The van der Waals surface area contributed by atoms with Crippen molar-refractivity contribution in [2.75, 3.05) is 0 Å². The Morgan fingerprint density at radius 1 is 1.18 bits per heavy atom. The second-order valence-electron chi connectivity index (χ2n) is 4.63. The van der Waals surface area contributed by atoms with E-state index in [1.807, 2.05) is 6.07 Å². The van der Waals surface area contributed by atoms with Crippen LogP contribution in [0.25, 0.3) is 0 Å². The Bertz CT molecular complexity index is 406. The molecule has 0 fully saturated rings. The van der Waals surface area contributed by atoms with E-state index in [1.54, 1.807) is 45.0 Å². The fraction of sp³-hybridized carbons (Fsp3) is 0.385. The van der Waals surface area contributed by atoms with Gasteiger partial charge in [-0.2, -0.15) is 0 Å². The Morgan fingerprint density at radius 3 is 2.18 bits per heavy atom. The van der Waals surface area contributed by atoms with Crippen LogP contribution in [0.5, 0.6) is 0 Å². The Labute approximate surface area is 109 Å². The molecule has 0 aliphatic carbocycles. The average molecular weight is 299 g/mol. The zero-order chi connectivity index (χ0) is 13.1. The molecule has 0 bridgehead atoms. The van der Waals surface area contributed by atoms with Crippen LogP contribution in [0.1, 0.15) is 31.1 Å². The van der Waals surface area contributed by atoms with Crippen LogP contribution in [0.15, 0.2) is 30.3 Å². The Kier molecular flexibility index (Phi) is 4.46. The number of hydrogen-bond acceptors (Lipinski definition) is 3. The molecule has 17 heavy (non-hydrogen) atoms. The molecule has 3 nitrogen and oxygen atoms in total. The number of halogens is 1. The standard InChI is InChI=1S/C13H15BrO3/c1-13(2,3)17-12(16)10(14)11(15)9-7-5-4-6-8-9/h4-8,10H,1-3H3/t10-/m0/s1. The van der Waals surface area contributed by atoms with Crippen LogP contribution in [-0.4, -0.2) is 22.2 Å². The second-order valence-corrected chi connectivity index (χ2v) is 5.54. The second kappa shape index (κ2) is 5.45. The van der Waals surface area contributed by atoms with Gasteiger partial charge in [-0.25, -0.2) is 0 Å². The van der Waals surface area contributed by atoms with E-state index < -0.39 is 16.4 Å². The Morgan fingerprint density at radius 2 is 1.71 bits per heavy atom. The summed E-state index contributed by atoms with van der Waals surface area (Å²) in [6.45, 7) is 5.28. The zero-order valence-electron chi connectivity index (χ0n) is 10.1. The van der Waals surface area contributed by atoms with Crippen LogP contribution in [0.3, 0.4) is 0 Å². The fourth-order valence-electron chi connectivity index (χ4n) is 1.21. The van der Waals surface area contributed by atoms with Crippen LogP contribution in [0.2, 0.25) is 0 Å². The monoisotopic (exact) mass is 298 g/mol. The van der Waals surface area contributed by atoms with Gasteiger partial charge in [0.25, 0.3) is 0 Å². The number of Topliss-reactive ketones (excluding diaryl/α,β-unsaturated/α-hetero) is 1. The first-order chi connectivity index (χ1) is 7.81. The van der Waals surface area contributed by atoms with E-state index in [4.69, 9.17) is 4.74 Å². The molecule has 1 rings (SSSR count). The lowest BCUT2D eigenvalue weighted by Crippen LogP contribution is -2.33. The van der Waals surface area contributed by atoms with Crippen molar-refractivity contribution >= 4 is 27.7 Å². The minimum absolute atomic E-state index is 0.292. The third kappa shape index (κ3) is 4.30. The lowest BCUT2D eigenvalue weighted by molar-refractivity contribution is -0.152. The van der Waals surface area contributed by atoms with Gasteiger partial charge >= 0.3 is 5.97 Å². The quantitative estimate of drug-likeness (QED) is 0.373. The van der Waals surface area contributed by atoms with E-state index >= 15 is 0 Å². The highest BCUT2D eigenvalue weighted by molar-refractivity contribution is 9.10. The van der Waals surface area contributed by atoms with E-state index in [1.165, 1.54) is 0 Å². The van der Waals surface area contributed by atoms with Crippen LogP contribution in [-0.2, 0) is 9.53 Å². The SMILES string of the molecule is CC(C)(C)OC(=O)[C@@H](Br)C(=O)c1ccccc1. The molecule has 0 aromatic heterocycles. The molecule has 0 aliphatic heterocycles. The first-order valence-corrected chi connectivity index (χ1v) is 6.19. The number of alkyl halides is 1. The summed E-state index contributed by atoms with van der Waals surface area (Å²) in [6.07, 6.45) is 0. The van der Waals surface area contributed by atoms with Crippen LogP contribution < -0.4 is 0 Å². The largest absolute Gasteiger partial charge is 0.459 e. The van der Waals surface area contributed by atoms with Crippen molar-refractivity contribution in [2.24, 2.45) is 0 Å². The van der Waals surface area contributed by atoms with Crippen molar-refractivity contribution in [3.05, 3.63) is 35.9 Å². The highest BCUT2D eigenvalue weighted by atomic mass is 79.9. The Hall–Kier alpha value is -1.16. The van der Waals surface area contributed by atoms with Crippen molar-refractivity contribution in [1.29, 1.82) is 0 Å². The number of ether oxygens (including phenoxy) is 1. The molecule has 1 aromatic carbocycles. The van der Waals surface area contributed by atoms with Crippen molar-refractivity contribution in [3.63, 3.8) is 0 Å². The first kappa shape index (κ1) is 13.9. The molecule has 0 unspecified atom stereocenters. The van der Waals surface area contributed by atoms with Crippen LogP contribution >= 0.6 is 15.9 Å². The number of ketones is 1. The summed E-state index contributed by atoms with van der Waals surface area (Å²) in [7, 11) is 0. The maximum atomic E-state index is 11.9. The van der Waals surface area contributed by atoms with Gasteiger partial charge in [0.1, 0.15) is 5.60 Å². The van der Waals surface area contributed by atoms with Crippen LogP contribution in [0, 0.1) is 0 Å². The lowest BCUT2D eigenvalue weighted by Gasteiger charge is -2.21. The lowest BCUT2D eigenvalue weighted by atomic mass is 10.1. The molecule has 92 valence electrons. The predicted molar refractivity (Wildman–Crippen MR) is 69.3 cm³/mol. The summed E-state index contributed by atoms with van der Waals surface area (Å²) in [5.41, 5.74) is -0.111. The molecule has 0 amide bonds. The average Bonchev–Trinajstić information content (AvgIpc) is 2.26. The van der Waals surface area contributed by atoms with Gasteiger partial charge in [-0.1, -0.05) is 46.3 Å². The molecular formula is C13H15BrO3. The van der Waals surface area contributed by atoms with Gasteiger partial charge in [-0.3, -0.25) is 9.59 Å². The molecule has 1 atom stereocenters. The fourth-order valence-corrected chi connectivity index (χ4v) is 1.57. The maximum absolute atomic E-state index is 11.9. The van der Waals surface area contributed by atoms with Gasteiger partial charge in [0, 0.05) is 5.56 Å². The van der Waals surface area contributed by atoms with Gasteiger partial charge < -0.3 is 4.74 Å². The number of carbonyl (C=O) groups excluding carboxylic acids is 2. The summed E-state index contributed by atoms with van der Waals surface area (Å²) in [5.74, 6) is -0.855. The van der Waals surface area contributed by atoms with E-state index in [0.29, 0.717) is 5.56 Å². The van der Waals surface area contributed by atoms with Gasteiger partial charge in [0.05, 0.1) is 0 Å². The minimum atomic E-state index is -0.955. The molecule has 0 spiro atoms. The summed E-state index contributed by atoms with van der Waals surface area (Å²) < 4.78 is 5.14. The van der Waals surface area contributed by atoms with E-state index in [9.17, 15) is 9.59 Å². The minimum Gasteiger partial charge on any atom is -0.459 e. The van der Waals surface area contributed by atoms with Crippen molar-refractivity contribution in [3.8, 4) is 0 Å². The molecule has 0 heterocycles. The molecule has 0 N–H and O–H groups in total. The summed E-state index contributed by atoms with van der Waals surface area (Å²) in [6, 6.07) is 8.65. The van der Waals surface area contributed by atoms with Crippen molar-refractivity contribution in [1.82, 2.24) is 0 Å². The Balaban J connectivity index is 2.74. The van der Waals surface area contributed by atoms with E-state index in [2.05, 4.69) is 15.9 Å². The highest BCUT2D eigenvalue weighted by Crippen LogP contribution is 2.16. The smallest absolute Gasteiger partial charge is 0.328 e. The summed E-state index contributed by atoms with van der Waals surface area (Å²) in [4.78, 5) is 22.7. The topological polar surface area (TPSA) is 43.4 Å². The van der Waals surface area contributed by atoms with Crippen LogP contribution in [0.4, 0.5) is 0 Å². The number of rotatable bonds is 3. The van der Waals surface area contributed by atoms with E-state index in [-0.39, 0.29) is 5.78 Å². The van der Waals surface area contributed by atoms with E-state index in [0.717, 1.165) is 0 Å². The molecule has 4 heteroatoms. The van der Waals surface area contributed by atoms with Gasteiger partial charge in [0.2, 0.25) is 0 Å². The molecular weight excluding hydrogens is 284 g/mol. The zero-order valence-corrected chi connectivity index (χ0v) is 11.7. The maximum Gasteiger partial charge on any atom is 0.328 e. The number of hydrogen-bond donors (Lipinski definition) is 0. The highest BCUT2D eigenvalue weighted by Gasteiger charge is 2.29. The predicted octanol–water partition coefficient (Wildman–Crippen LogP) is 2.97. The summed E-state index contributed by atoms with van der Waals surface area (Å²) in [5, 5.41) is 0. The van der Waals surface area contributed by atoms with Crippen molar-refractivity contribution < 1.29 is 14.3 Å². The van der Waals surface area contributed by atoms with Gasteiger partial charge in [-0.15, -0.1) is 0 Å². The number of esters is 1. The molecule has 0 saturated carbocycles. The molecule has 0 aliphatic rings. The third-order valence-electron chi connectivity index (χ3n) is 1.90.